The Morgan fingerprint density at radius 1 is 1.30 bits per heavy atom. The van der Waals surface area contributed by atoms with Gasteiger partial charge in [-0.05, 0) is 19.3 Å². The molecule has 0 aromatic heterocycles. The Morgan fingerprint density at radius 3 is 2.70 bits per heavy atom. The van der Waals surface area contributed by atoms with Crippen molar-refractivity contribution < 1.29 is 9.53 Å². The molecular weight excluding hydrogens is 371 g/mol. The van der Waals surface area contributed by atoms with Crippen molar-refractivity contribution in [3.05, 3.63) is 0 Å². The summed E-state index contributed by atoms with van der Waals surface area (Å²) in [6.45, 7) is 4.98. The molecule has 0 spiro atoms. The van der Waals surface area contributed by atoms with Crippen LogP contribution in [-0.4, -0.2) is 51.3 Å². The molecule has 0 aliphatic carbocycles. The fourth-order valence-corrected chi connectivity index (χ4v) is 1.88. The van der Waals surface area contributed by atoms with Crippen molar-refractivity contribution in [2.45, 2.75) is 38.7 Å². The summed E-state index contributed by atoms with van der Waals surface area (Å²) >= 11 is 0. The number of aliphatic imine (C=N–C) groups is 1. The standard InChI is InChI=1S/C13H26N4O2.HI/c1-3-7-15-12(18)6-8-16-13(14-2)17-10-11-5-4-9-19-11;/h11H,3-10H2,1-2H3,(H,15,18)(H2,14,16,17);1H. The van der Waals surface area contributed by atoms with E-state index in [1.807, 2.05) is 6.92 Å². The number of ether oxygens (including phenoxy) is 1. The first-order valence-corrected chi connectivity index (χ1v) is 7.09. The molecule has 1 rings (SSSR count). The first kappa shape index (κ1) is 19.4. The molecule has 0 aromatic rings. The quantitative estimate of drug-likeness (QED) is 0.338. The van der Waals surface area contributed by atoms with Gasteiger partial charge in [-0.3, -0.25) is 9.79 Å². The van der Waals surface area contributed by atoms with Crippen molar-refractivity contribution >= 4 is 35.8 Å². The van der Waals surface area contributed by atoms with Crippen LogP contribution in [0.5, 0.6) is 0 Å². The predicted molar refractivity (Wildman–Crippen MR) is 91.7 cm³/mol. The third-order valence-electron chi connectivity index (χ3n) is 2.96. The second-order valence-corrected chi connectivity index (χ2v) is 4.61. The molecule has 118 valence electrons. The van der Waals surface area contributed by atoms with E-state index in [9.17, 15) is 4.79 Å². The lowest BCUT2D eigenvalue weighted by Gasteiger charge is -2.14. The molecule has 1 aliphatic heterocycles. The van der Waals surface area contributed by atoms with Crippen LogP contribution in [0.2, 0.25) is 0 Å². The number of carbonyl (C=O) groups excluding carboxylic acids is 1. The molecule has 0 saturated carbocycles. The highest BCUT2D eigenvalue weighted by Crippen LogP contribution is 2.10. The molecule has 6 nitrogen and oxygen atoms in total. The van der Waals surface area contributed by atoms with E-state index in [0.717, 1.165) is 44.9 Å². The maximum atomic E-state index is 11.4. The van der Waals surface area contributed by atoms with E-state index in [1.54, 1.807) is 7.05 Å². The average Bonchev–Trinajstić information content (AvgIpc) is 2.93. The molecule has 0 aromatic carbocycles. The van der Waals surface area contributed by atoms with Gasteiger partial charge in [0.15, 0.2) is 5.96 Å². The van der Waals surface area contributed by atoms with Crippen molar-refractivity contribution in [2.75, 3.05) is 33.3 Å². The number of nitrogens with zero attached hydrogens (tertiary/aromatic N) is 1. The molecule has 0 radical (unpaired) electrons. The van der Waals surface area contributed by atoms with Gasteiger partial charge in [0.25, 0.3) is 0 Å². The Labute approximate surface area is 138 Å². The van der Waals surface area contributed by atoms with Gasteiger partial charge >= 0.3 is 0 Å². The number of halogens is 1. The summed E-state index contributed by atoms with van der Waals surface area (Å²) in [6, 6.07) is 0. The Kier molecular flexibility index (Phi) is 11.8. The van der Waals surface area contributed by atoms with Crippen LogP contribution < -0.4 is 16.0 Å². The Balaban J connectivity index is 0.00000361. The first-order chi connectivity index (χ1) is 9.26. The molecular formula is C13H27IN4O2. The molecule has 7 heteroatoms. The molecule has 1 fully saturated rings. The van der Waals surface area contributed by atoms with Crippen LogP contribution in [0.3, 0.4) is 0 Å². The number of hydrogen-bond donors (Lipinski definition) is 3. The van der Waals surface area contributed by atoms with E-state index >= 15 is 0 Å². The van der Waals surface area contributed by atoms with Crippen LogP contribution >= 0.6 is 24.0 Å². The fourth-order valence-electron chi connectivity index (χ4n) is 1.88. The van der Waals surface area contributed by atoms with Gasteiger partial charge in [0.05, 0.1) is 6.10 Å². The SMILES string of the molecule is CCCNC(=O)CCNC(=NC)NCC1CCCO1.I. The van der Waals surface area contributed by atoms with E-state index in [-0.39, 0.29) is 36.0 Å². The molecule has 1 heterocycles. The van der Waals surface area contributed by atoms with Gasteiger partial charge in [-0.15, -0.1) is 24.0 Å². The lowest BCUT2D eigenvalue weighted by molar-refractivity contribution is -0.120. The summed E-state index contributed by atoms with van der Waals surface area (Å²) in [5.41, 5.74) is 0. The highest BCUT2D eigenvalue weighted by Gasteiger charge is 2.15. The second-order valence-electron chi connectivity index (χ2n) is 4.61. The van der Waals surface area contributed by atoms with Gasteiger partial charge in [0.1, 0.15) is 0 Å². The van der Waals surface area contributed by atoms with Crippen LogP contribution in [0, 0.1) is 0 Å². The van der Waals surface area contributed by atoms with Crippen LogP contribution in [0.15, 0.2) is 4.99 Å². The Morgan fingerprint density at radius 2 is 2.10 bits per heavy atom. The minimum Gasteiger partial charge on any atom is -0.376 e. The summed E-state index contributed by atoms with van der Waals surface area (Å²) < 4.78 is 5.53. The number of hydrogen-bond acceptors (Lipinski definition) is 3. The summed E-state index contributed by atoms with van der Waals surface area (Å²) in [5, 5.41) is 9.18. The summed E-state index contributed by atoms with van der Waals surface area (Å²) in [4.78, 5) is 15.5. The average molecular weight is 398 g/mol. The van der Waals surface area contributed by atoms with Gasteiger partial charge < -0.3 is 20.7 Å². The first-order valence-electron chi connectivity index (χ1n) is 7.09. The number of rotatable bonds is 7. The molecule has 1 unspecified atom stereocenters. The van der Waals surface area contributed by atoms with E-state index < -0.39 is 0 Å². The van der Waals surface area contributed by atoms with Crippen LogP contribution in [0.25, 0.3) is 0 Å². The predicted octanol–water partition coefficient (Wildman–Crippen LogP) is 0.865. The van der Waals surface area contributed by atoms with Crippen LogP contribution in [0.4, 0.5) is 0 Å². The zero-order valence-corrected chi connectivity index (χ0v) is 14.7. The van der Waals surface area contributed by atoms with Crippen molar-refractivity contribution in [2.24, 2.45) is 4.99 Å². The Hall–Kier alpha value is -0.570. The van der Waals surface area contributed by atoms with Crippen molar-refractivity contribution in [1.29, 1.82) is 0 Å². The lowest BCUT2D eigenvalue weighted by Crippen LogP contribution is -2.42. The smallest absolute Gasteiger partial charge is 0.221 e. The molecule has 1 aliphatic rings. The van der Waals surface area contributed by atoms with Crippen molar-refractivity contribution in [1.82, 2.24) is 16.0 Å². The third kappa shape index (κ3) is 8.57. The van der Waals surface area contributed by atoms with Gasteiger partial charge in [0.2, 0.25) is 5.91 Å². The summed E-state index contributed by atoms with van der Waals surface area (Å²) in [5.74, 6) is 0.794. The normalized spacial score (nSPS) is 18.3. The molecule has 1 saturated heterocycles. The van der Waals surface area contributed by atoms with E-state index in [4.69, 9.17) is 4.74 Å². The zero-order chi connectivity index (χ0) is 13.9. The summed E-state index contributed by atoms with van der Waals surface area (Å²) in [7, 11) is 1.72. The Bertz CT molecular complexity index is 294. The second kappa shape index (κ2) is 12.2. The molecule has 3 N–H and O–H groups in total. The van der Waals surface area contributed by atoms with Crippen molar-refractivity contribution in [3.63, 3.8) is 0 Å². The minimum atomic E-state index is 0. The summed E-state index contributed by atoms with van der Waals surface area (Å²) in [6.07, 6.45) is 3.94. The van der Waals surface area contributed by atoms with Crippen molar-refractivity contribution in [3.8, 4) is 0 Å². The number of guanidine groups is 1. The molecule has 0 bridgehead atoms. The minimum absolute atomic E-state index is 0. The third-order valence-corrected chi connectivity index (χ3v) is 2.96. The fraction of sp³-hybridized carbons (Fsp3) is 0.846. The van der Waals surface area contributed by atoms with E-state index in [0.29, 0.717) is 13.0 Å². The highest BCUT2D eigenvalue weighted by atomic mass is 127. The van der Waals surface area contributed by atoms with Gasteiger partial charge in [-0.2, -0.15) is 0 Å². The number of amides is 1. The largest absolute Gasteiger partial charge is 0.376 e. The van der Waals surface area contributed by atoms with Gasteiger partial charge in [0, 0.05) is 39.7 Å². The topological polar surface area (TPSA) is 74.8 Å². The monoisotopic (exact) mass is 398 g/mol. The molecule has 1 atom stereocenters. The van der Waals surface area contributed by atoms with Crippen LogP contribution in [-0.2, 0) is 9.53 Å². The van der Waals surface area contributed by atoms with E-state index in [2.05, 4.69) is 20.9 Å². The molecule has 1 amide bonds. The zero-order valence-electron chi connectivity index (χ0n) is 12.4. The van der Waals surface area contributed by atoms with Crippen LogP contribution in [0.1, 0.15) is 32.6 Å². The molecule has 20 heavy (non-hydrogen) atoms. The van der Waals surface area contributed by atoms with Gasteiger partial charge in [-0.25, -0.2) is 0 Å². The van der Waals surface area contributed by atoms with Gasteiger partial charge in [-0.1, -0.05) is 6.92 Å². The maximum Gasteiger partial charge on any atom is 0.221 e. The van der Waals surface area contributed by atoms with E-state index in [1.165, 1.54) is 0 Å². The number of carbonyl (C=O) groups is 1. The highest BCUT2D eigenvalue weighted by molar-refractivity contribution is 14.0. The number of nitrogens with one attached hydrogen (secondary N) is 3. The maximum absolute atomic E-state index is 11.4. The lowest BCUT2D eigenvalue weighted by atomic mass is 10.2.